The minimum Gasteiger partial charge on any atom is -0.492 e. The smallest absolute Gasteiger partial charge is 0.151 e. The fourth-order valence-electron chi connectivity index (χ4n) is 2.85. The number of allylic oxidation sites excluding steroid dienone is 1. The third-order valence-electron chi connectivity index (χ3n) is 4.06. The van der Waals surface area contributed by atoms with Gasteiger partial charge in [0, 0.05) is 6.54 Å². The zero-order valence-electron chi connectivity index (χ0n) is 14.9. The SMILES string of the molecule is CCCOc1ccc(/C=C(/C#N)c2nc3ccccc3n2CC)cc1Cl. The number of halogens is 1. The Kier molecular flexibility index (Phi) is 5.60. The van der Waals surface area contributed by atoms with Gasteiger partial charge in [-0.3, -0.25) is 0 Å². The van der Waals surface area contributed by atoms with Gasteiger partial charge in [-0.15, -0.1) is 0 Å². The minimum atomic E-state index is 0.501. The maximum atomic E-state index is 9.70. The molecule has 0 atom stereocenters. The lowest BCUT2D eigenvalue weighted by atomic mass is 10.1. The van der Waals surface area contributed by atoms with Crippen molar-refractivity contribution in [1.29, 1.82) is 5.26 Å². The molecule has 3 aromatic rings. The van der Waals surface area contributed by atoms with Crippen LogP contribution in [-0.2, 0) is 6.54 Å². The molecule has 1 aromatic heterocycles. The average Bonchev–Trinajstić information content (AvgIpc) is 3.03. The molecule has 0 amide bonds. The van der Waals surface area contributed by atoms with E-state index in [0.717, 1.165) is 29.6 Å². The monoisotopic (exact) mass is 365 g/mol. The highest BCUT2D eigenvalue weighted by Crippen LogP contribution is 2.28. The quantitative estimate of drug-likeness (QED) is 0.537. The molecule has 3 rings (SSSR count). The average molecular weight is 366 g/mol. The molecular formula is C21H20ClN3O. The van der Waals surface area contributed by atoms with Crippen LogP contribution in [0.3, 0.4) is 0 Å². The van der Waals surface area contributed by atoms with Crippen LogP contribution in [0.4, 0.5) is 0 Å². The number of nitrogens with zero attached hydrogens (tertiary/aromatic N) is 3. The van der Waals surface area contributed by atoms with Gasteiger partial charge in [0.05, 0.1) is 28.2 Å². The van der Waals surface area contributed by atoms with Gasteiger partial charge in [0.1, 0.15) is 11.8 Å². The van der Waals surface area contributed by atoms with E-state index >= 15 is 0 Å². The van der Waals surface area contributed by atoms with Gasteiger partial charge in [-0.1, -0.05) is 36.7 Å². The topological polar surface area (TPSA) is 50.8 Å². The molecule has 132 valence electrons. The standard InChI is InChI=1S/C21H20ClN3O/c1-3-11-26-20-10-9-15(13-17(20)22)12-16(14-23)21-24-18-7-5-6-8-19(18)25(21)4-2/h5-10,12-13H,3-4,11H2,1-2H3/b16-12-. The Morgan fingerprint density at radius 1 is 1.27 bits per heavy atom. The van der Waals surface area contributed by atoms with Crippen molar-refractivity contribution >= 4 is 34.3 Å². The van der Waals surface area contributed by atoms with Crippen molar-refractivity contribution < 1.29 is 4.74 Å². The predicted molar refractivity (Wildman–Crippen MR) is 106 cm³/mol. The van der Waals surface area contributed by atoms with E-state index in [1.807, 2.05) is 67.0 Å². The molecule has 0 unspecified atom stereocenters. The molecule has 26 heavy (non-hydrogen) atoms. The number of fused-ring (bicyclic) bond motifs is 1. The second-order valence-corrected chi connectivity index (χ2v) is 6.28. The van der Waals surface area contributed by atoms with Crippen molar-refractivity contribution in [2.45, 2.75) is 26.8 Å². The van der Waals surface area contributed by atoms with Crippen LogP contribution in [0.2, 0.25) is 5.02 Å². The van der Waals surface area contributed by atoms with Gasteiger partial charge in [0.25, 0.3) is 0 Å². The molecule has 0 N–H and O–H groups in total. The minimum absolute atomic E-state index is 0.501. The van der Waals surface area contributed by atoms with Crippen molar-refractivity contribution in [3.8, 4) is 11.8 Å². The predicted octanol–water partition coefficient (Wildman–Crippen LogP) is 5.56. The van der Waals surface area contributed by atoms with Crippen LogP contribution in [-0.4, -0.2) is 16.2 Å². The second kappa shape index (κ2) is 8.07. The van der Waals surface area contributed by atoms with Gasteiger partial charge in [0.15, 0.2) is 5.82 Å². The van der Waals surface area contributed by atoms with E-state index in [0.29, 0.717) is 28.8 Å². The van der Waals surface area contributed by atoms with Crippen LogP contribution in [0.5, 0.6) is 5.75 Å². The van der Waals surface area contributed by atoms with Crippen molar-refractivity contribution in [3.05, 3.63) is 58.9 Å². The van der Waals surface area contributed by atoms with Crippen LogP contribution in [0.1, 0.15) is 31.7 Å². The summed E-state index contributed by atoms with van der Waals surface area (Å²) in [4.78, 5) is 4.65. The Hall–Kier alpha value is -2.77. The van der Waals surface area contributed by atoms with E-state index in [1.54, 1.807) is 0 Å². The lowest BCUT2D eigenvalue weighted by Gasteiger charge is -2.08. The maximum Gasteiger partial charge on any atom is 0.151 e. The van der Waals surface area contributed by atoms with Crippen LogP contribution < -0.4 is 4.74 Å². The third-order valence-corrected chi connectivity index (χ3v) is 4.36. The Labute approximate surface area is 158 Å². The molecule has 0 aliphatic heterocycles. The molecule has 0 aliphatic carbocycles. The normalized spacial score (nSPS) is 11.5. The zero-order valence-corrected chi connectivity index (χ0v) is 15.6. The summed E-state index contributed by atoms with van der Waals surface area (Å²) in [6, 6.07) is 15.7. The lowest BCUT2D eigenvalue weighted by Crippen LogP contribution is -2.00. The first kappa shape index (κ1) is 18.0. The van der Waals surface area contributed by atoms with E-state index in [2.05, 4.69) is 11.1 Å². The van der Waals surface area contributed by atoms with E-state index in [9.17, 15) is 5.26 Å². The summed E-state index contributed by atoms with van der Waals surface area (Å²) >= 11 is 6.30. The van der Waals surface area contributed by atoms with Gasteiger partial charge in [-0.2, -0.15) is 5.26 Å². The second-order valence-electron chi connectivity index (χ2n) is 5.88. The Bertz CT molecular complexity index is 998. The number of benzene rings is 2. The van der Waals surface area contributed by atoms with Gasteiger partial charge in [-0.05, 0) is 49.2 Å². The molecular weight excluding hydrogens is 346 g/mol. The van der Waals surface area contributed by atoms with Crippen molar-refractivity contribution in [1.82, 2.24) is 9.55 Å². The maximum absolute atomic E-state index is 9.70. The van der Waals surface area contributed by atoms with Crippen molar-refractivity contribution in [3.63, 3.8) is 0 Å². The molecule has 4 nitrogen and oxygen atoms in total. The summed E-state index contributed by atoms with van der Waals surface area (Å²) in [5.41, 5.74) is 3.24. The van der Waals surface area contributed by atoms with Crippen molar-refractivity contribution in [2.75, 3.05) is 6.61 Å². The first-order valence-electron chi connectivity index (χ1n) is 8.67. The molecule has 0 aliphatic rings. The fourth-order valence-corrected chi connectivity index (χ4v) is 3.09. The van der Waals surface area contributed by atoms with Crippen molar-refractivity contribution in [2.24, 2.45) is 0 Å². The number of imidazole rings is 1. The largest absolute Gasteiger partial charge is 0.492 e. The molecule has 2 aromatic carbocycles. The number of aryl methyl sites for hydroxylation is 1. The highest BCUT2D eigenvalue weighted by atomic mass is 35.5. The molecule has 0 radical (unpaired) electrons. The van der Waals surface area contributed by atoms with E-state index in [-0.39, 0.29) is 0 Å². The van der Waals surface area contributed by atoms with Crippen LogP contribution in [0.15, 0.2) is 42.5 Å². The van der Waals surface area contributed by atoms with Crippen LogP contribution in [0, 0.1) is 11.3 Å². The summed E-state index contributed by atoms with van der Waals surface area (Å²) in [5.74, 6) is 1.32. The number of nitriles is 1. The first-order valence-corrected chi connectivity index (χ1v) is 9.05. The number of ether oxygens (including phenoxy) is 1. The van der Waals surface area contributed by atoms with Gasteiger partial charge >= 0.3 is 0 Å². The number of rotatable bonds is 6. The van der Waals surface area contributed by atoms with Crippen LogP contribution in [0.25, 0.3) is 22.7 Å². The molecule has 0 bridgehead atoms. The van der Waals surface area contributed by atoms with E-state index in [4.69, 9.17) is 16.3 Å². The number of hydrogen-bond donors (Lipinski definition) is 0. The Morgan fingerprint density at radius 3 is 2.77 bits per heavy atom. The molecule has 0 saturated carbocycles. The highest BCUT2D eigenvalue weighted by molar-refractivity contribution is 6.32. The van der Waals surface area contributed by atoms with Gasteiger partial charge < -0.3 is 9.30 Å². The molecule has 5 heteroatoms. The summed E-state index contributed by atoms with van der Waals surface area (Å²) in [5, 5.41) is 10.2. The van der Waals surface area contributed by atoms with Gasteiger partial charge in [0.2, 0.25) is 0 Å². The van der Waals surface area contributed by atoms with E-state index in [1.165, 1.54) is 0 Å². The molecule has 0 saturated heterocycles. The first-order chi connectivity index (χ1) is 12.7. The highest BCUT2D eigenvalue weighted by Gasteiger charge is 2.13. The van der Waals surface area contributed by atoms with Crippen LogP contribution >= 0.6 is 11.6 Å². The van der Waals surface area contributed by atoms with E-state index < -0.39 is 0 Å². The zero-order chi connectivity index (χ0) is 18.5. The molecule has 1 heterocycles. The number of aromatic nitrogens is 2. The summed E-state index contributed by atoms with van der Waals surface area (Å²) < 4.78 is 7.65. The fraction of sp³-hybridized carbons (Fsp3) is 0.238. The summed E-state index contributed by atoms with van der Waals surface area (Å²) in [6.07, 6.45) is 2.73. The Morgan fingerprint density at radius 2 is 2.08 bits per heavy atom. The summed E-state index contributed by atoms with van der Waals surface area (Å²) in [6.45, 7) is 5.45. The Balaban J connectivity index is 2.02. The number of hydrogen-bond acceptors (Lipinski definition) is 3. The third kappa shape index (κ3) is 3.58. The molecule has 0 spiro atoms. The van der Waals surface area contributed by atoms with Gasteiger partial charge in [-0.25, -0.2) is 4.98 Å². The summed E-state index contributed by atoms with van der Waals surface area (Å²) in [7, 11) is 0. The molecule has 0 fully saturated rings. The lowest BCUT2D eigenvalue weighted by molar-refractivity contribution is 0.317. The number of para-hydroxylation sites is 2.